The highest BCUT2D eigenvalue weighted by molar-refractivity contribution is 5.35. The Balaban J connectivity index is 1.99. The Morgan fingerprint density at radius 1 is 1.20 bits per heavy atom. The fourth-order valence-electron chi connectivity index (χ4n) is 3.39. The predicted octanol–water partition coefficient (Wildman–Crippen LogP) is 4.71. The molecule has 112 valence electrons. The molecule has 2 heteroatoms. The van der Waals surface area contributed by atoms with Gasteiger partial charge in [0.25, 0.3) is 0 Å². The largest absolute Gasteiger partial charge is 0.494 e. The summed E-state index contributed by atoms with van der Waals surface area (Å²) in [4.78, 5) is 0. The monoisotopic (exact) mass is 275 g/mol. The quantitative estimate of drug-likeness (QED) is 0.778. The van der Waals surface area contributed by atoms with Crippen LogP contribution in [0.15, 0.2) is 24.3 Å². The van der Waals surface area contributed by atoms with E-state index in [9.17, 15) is 0 Å². The van der Waals surface area contributed by atoms with Crippen LogP contribution in [0.3, 0.4) is 0 Å². The van der Waals surface area contributed by atoms with Gasteiger partial charge in [-0.25, -0.2) is 0 Å². The summed E-state index contributed by atoms with van der Waals surface area (Å²) >= 11 is 0. The predicted molar refractivity (Wildman–Crippen MR) is 85.2 cm³/mol. The molecule has 1 aliphatic rings. The molecule has 1 aromatic rings. The molecular weight excluding hydrogens is 246 g/mol. The summed E-state index contributed by atoms with van der Waals surface area (Å²) in [5.74, 6) is 1.02. The summed E-state index contributed by atoms with van der Waals surface area (Å²) in [5.41, 5.74) is 1.81. The summed E-state index contributed by atoms with van der Waals surface area (Å²) < 4.78 is 5.74. The molecule has 0 aromatic heterocycles. The lowest BCUT2D eigenvalue weighted by Crippen LogP contribution is -2.33. The smallest absolute Gasteiger partial charge is 0.124 e. The molecule has 0 saturated heterocycles. The van der Waals surface area contributed by atoms with Gasteiger partial charge in [-0.1, -0.05) is 38.0 Å². The highest BCUT2D eigenvalue weighted by Gasteiger charge is 2.32. The van der Waals surface area contributed by atoms with E-state index < -0.39 is 0 Å². The Hall–Kier alpha value is -1.02. The van der Waals surface area contributed by atoms with Crippen LogP contribution in [0.1, 0.15) is 64.5 Å². The lowest BCUT2D eigenvalue weighted by molar-refractivity contribution is 0.256. The molecule has 2 rings (SSSR count). The molecule has 1 aliphatic carbocycles. The van der Waals surface area contributed by atoms with Gasteiger partial charge in [0.05, 0.1) is 6.61 Å². The number of benzene rings is 1. The first-order valence-corrected chi connectivity index (χ1v) is 8.16. The first-order chi connectivity index (χ1) is 9.71. The minimum absolute atomic E-state index is 0.349. The summed E-state index contributed by atoms with van der Waals surface area (Å²) in [6.07, 6.45) is 6.87. The van der Waals surface area contributed by atoms with Crippen molar-refractivity contribution in [2.75, 3.05) is 13.2 Å². The van der Waals surface area contributed by atoms with Crippen molar-refractivity contribution in [1.29, 1.82) is 0 Å². The van der Waals surface area contributed by atoms with Crippen LogP contribution in [0.5, 0.6) is 5.75 Å². The zero-order valence-corrected chi connectivity index (χ0v) is 13.2. The van der Waals surface area contributed by atoms with E-state index in [2.05, 4.69) is 37.4 Å². The summed E-state index contributed by atoms with van der Waals surface area (Å²) in [7, 11) is 0. The van der Waals surface area contributed by atoms with Gasteiger partial charge in [0.2, 0.25) is 0 Å². The molecule has 1 N–H and O–H groups in total. The molecule has 0 aliphatic heterocycles. The first kappa shape index (κ1) is 15.4. The van der Waals surface area contributed by atoms with Crippen molar-refractivity contribution >= 4 is 0 Å². The minimum atomic E-state index is 0.349. The molecule has 1 atom stereocenters. The lowest BCUT2D eigenvalue weighted by Gasteiger charge is -2.30. The van der Waals surface area contributed by atoms with Gasteiger partial charge in [0, 0.05) is 18.2 Å². The maximum absolute atomic E-state index is 5.74. The van der Waals surface area contributed by atoms with Crippen LogP contribution in [0.25, 0.3) is 0 Å². The van der Waals surface area contributed by atoms with Crippen LogP contribution in [-0.2, 0) is 0 Å². The molecule has 20 heavy (non-hydrogen) atoms. The van der Waals surface area contributed by atoms with Gasteiger partial charge in [0.15, 0.2) is 0 Å². The normalized spacial score (nSPS) is 18.9. The summed E-state index contributed by atoms with van der Waals surface area (Å²) in [5, 5.41) is 3.75. The van der Waals surface area contributed by atoms with E-state index in [1.54, 1.807) is 0 Å². The molecule has 1 fully saturated rings. The number of rotatable bonds is 7. The van der Waals surface area contributed by atoms with Crippen LogP contribution >= 0.6 is 0 Å². The van der Waals surface area contributed by atoms with Crippen molar-refractivity contribution in [3.8, 4) is 5.75 Å². The molecule has 1 saturated carbocycles. The van der Waals surface area contributed by atoms with Crippen LogP contribution in [0.4, 0.5) is 0 Å². The number of hydrogen-bond acceptors (Lipinski definition) is 2. The minimum Gasteiger partial charge on any atom is -0.494 e. The number of para-hydroxylation sites is 1. The van der Waals surface area contributed by atoms with E-state index in [1.165, 1.54) is 37.7 Å². The standard InChI is InChI=1S/C18H29NO/c1-4-18(12-8-9-13-18)14-19-15(3)16-10-6-7-11-17(16)20-5-2/h6-7,10-11,15,19H,4-5,8-9,12-14H2,1-3H3. The van der Waals surface area contributed by atoms with Crippen molar-refractivity contribution in [3.63, 3.8) is 0 Å². The zero-order chi connectivity index (χ0) is 14.4. The van der Waals surface area contributed by atoms with Gasteiger partial charge in [-0.3, -0.25) is 0 Å². The molecule has 0 amide bonds. The van der Waals surface area contributed by atoms with Gasteiger partial charge in [-0.05, 0) is 44.6 Å². The number of hydrogen-bond donors (Lipinski definition) is 1. The maximum atomic E-state index is 5.74. The molecule has 1 aromatic carbocycles. The highest BCUT2D eigenvalue weighted by Crippen LogP contribution is 2.40. The molecule has 0 bridgehead atoms. The van der Waals surface area contributed by atoms with E-state index in [4.69, 9.17) is 4.74 Å². The molecular formula is C18H29NO. The van der Waals surface area contributed by atoms with Crippen LogP contribution in [-0.4, -0.2) is 13.2 Å². The second-order valence-corrected chi connectivity index (χ2v) is 6.13. The third-order valence-corrected chi connectivity index (χ3v) is 4.88. The molecule has 0 spiro atoms. The Labute approximate surface area is 123 Å². The second-order valence-electron chi connectivity index (χ2n) is 6.13. The van der Waals surface area contributed by atoms with E-state index >= 15 is 0 Å². The Kier molecular flexibility index (Phi) is 5.47. The van der Waals surface area contributed by atoms with Crippen molar-refractivity contribution in [1.82, 2.24) is 5.32 Å². The van der Waals surface area contributed by atoms with Crippen molar-refractivity contribution in [3.05, 3.63) is 29.8 Å². The van der Waals surface area contributed by atoms with Crippen LogP contribution in [0, 0.1) is 5.41 Å². The average molecular weight is 275 g/mol. The van der Waals surface area contributed by atoms with Crippen molar-refractivity contribution < 1.29 is 4.74 Å². The Morgan fingerprint density at radius 2 is 1.90 bits per heavy atom. The van der Waals surface area contributed by atoms with Crippen LogP contribution in [0.2, 0.25) is 0 Å². The highest BCUT2D eigenvalue weighted by atomic mass is 16.5. The maximum Gasteiger partial charge on any atom is 0.124 e. The van der Waals surface area contributed by atoms with Crippen LogP contribution < -0.4 is 10.1 Å². The van der Waals surface area contributed by atoms with E-state index in [0.717, 1.165) is 18.9 Å². The number of nitrogens with one attached hydrogen (secondary N) is 1. The summed E-state index contributed by atoms with van der Waals surface area (Å²) in [6, 6.07) is 8.74. The summed E-state index contributed by atoms with van der Waals surface area (Å²) in [6.45, 7) is 8.48. The van der Waals surface area contributed by atoms with E-state index in [-0.39, 0.29) is 0 Å². The first-order valence-electron chi connectivity index (χ1n) is 8.16. The fraction of sp³-hybridized carbons (Fsp3) is 0.667. The zero-order valence-electron chi connectivity index (χ0n) is 13.2. The SMILES string of the molecule is CCOc1ccccc1C(C)NCC1(CC)CCCC1. The van der Waals surface area contributed by atoms with Gasteiger partial charge >= 0.3 is 0 Å². The van der Waals surface area contributed by atoms with Gasteiger partial charge in [0.1, 0.15) is 5.75 Å². The van der Waals surface area contributed by atoms with E-state index in [1.807, 2.05) is 13.0 Å². The number of ether oxygens (including phenoxy) is 1. The second kappa shape index (κ2) is 7.12. The van der Waals surface area contributed by atoms with Gasteiger partial charge in [-0.2, -0.15) is 0 Å². The average Bonchev–Trinajstić information content (AvgIpc) is 2.95. The molecule has 1 unspecified atom stereocenters. The fourth-order valence-corrected chi connectivity index (χ4v) is 3.39. The Morgan fingerprint density at radius 3 is 2.55 bits per heavy atom. The molecule has 0 radical (unpaired) electrons. The van der Waals surface area contributed by atoms with Crippen molar-refractivity contribution in [2.24, 2.45) is 5.41 Å². The van der Waals surface area contributed by atoms with Crippen molar-refractivity contribution in [2.45, 2.75) is 58.9 Å². The molecule has 0 heterocycles. The topological polar surface area (TPSA) is 21.3 Å². The van der Waals surface area contributed by atoms with Gasteiger partial charge < -0.3 is 10.1 Å². The van der Waals surface area contributed by atoms with Gasteiger partial charge in [-0.15, -0.1) is 0 Å². The third kappa shape index (κ3) is 3.54. The van der Waals surface area contributed by atoms with E-state index in [0.29, 0.717) is 11.5 Å². The third-order valence-electron chi connectivity index (χ3n) is 4.88. The Bertz CT molecular complexity index is 410. The molecule has 2 nitrogen and oxygen atoms in total. The lowest BCUT2D eigenvalue weighted by atomic mass is 9.83.